The summed E-state index contributed by atoms with van der Waals surface area (Å²) in [6.07, 6.45) is -0.193. The van der Waals surface area contributed by atoms with E-state index in [0.29, 0.717) is 37.0 Å². The second-order valence-electron chi connectivity index (χ2n) is 8.56. The van der Waals surface area contributed by atoms with Gasteiger partial charge < -0.3 is 19.9 Å². The van der Waals surface area contributed by atoms with Crippen molar-refractivity contribution in [2.75, 3.05) is 13.2 Å². The molecule has 1 saturated heterocycles. The number of aromatic nitrogens is 2. The standard InChI is InChI=1S/C26H25F2N5O2/c27-23(28)19-4-1-3-16(13-19)10-12-34-21-9-8-17-14-20(7-6-18(17)15-21)24-31-25(35-32-24)22-5-2-11-33(22)26(29)30/h1,3-4,6-9,13-15,22-23H,2,5,10-12H2,(H3,29,30)/t22-/m0/s1. The summed E-state index contributed by atoms with van der Waals surface area (Å²) in [5, 5.41) is 13.9. The van der Waals surface area contributed by atoms with Gasteiger partial charge in [0.05, 0.1) is 6.61 Å². The van der Waals surface area contributed by atoms with Crippen LogP contribution in [0, 0.1) is 5.41 Å². The molecule has 1 atom stereocenters. The van der Waals surface area contributed by atoms with Gasteiger partial charge in [0.25, 0.3) is 6.43 Å². The van der Waals surface area contributed by atoms with Crippen molar-refractivity contribution in [1.82, 2.24) is 15.0 Å². The number of nitrogens with one attached hydrogen (secondary N) is 1. The lowest BCUT2D eigenvalue weighted by atomic mass is 10.1. The van der Waals surface area contributed by atoms with Crippen molar-refractivity contribution in [2.24, 2.45) is 5.73 Å². The van der Waals surface area contributed by atoms with Crippen LogP contribution in [0.15, 0.2) is 65.2 Å². The van der Waals surface area contributed by atoms with Gasteiger partial charge in [0, 0.05) is 24.1 Å². The Hall–Kier alpha value is -4.01. The van der Waals surface area contributed by atoms with Crippen LogP contribution in [-0.2, 0) is 6.42 Å². The molecule has 2 heterocycles. The van der Waals surface area contributed by atoms with Gasteiger partial charge in [-0.25, -0.2) is 8.78 Å². The first kappa shape index (κ1) is 22.8. The molecule has 0 unspecified atom stereocenters. The number of nitrogens with zero attached hydrogens (tertiary/aromatic N) is 3. The number of ether oxygens (including phenoxy) is 1. The van der Waals surface area contributed by atoms with E-state index >= 15 is 0 Å². The van der Waals surface area contributed by atoms with Crippen LogP contribution >= 0.6 is 0 Å². The third kappa shape index (κ3) is 4.94. The van der Waals surface area contributed by atoms with Gasteiger partial charge in [-0.05, 0) is 47.4 Å². The number of likely N-dealkylation sites (tertiary alicyclic amines) is 1. The van der Waals surface area contributed by atoms with Gasteiger partial charge in [0.1, 0.15) is 11.8 Å². The summed E-state index contributed by atoms with van der Waals surface area (Å²) in [6, 6.07) is 17.9. The van der Waals surface area contributed by atoms with Crippen LogP contribution in [0.2, 0.25) is 0 Å². The highest BCUT2D eigenvalue weighted by Crippen LogP contribution is 2.32. The number of fused-ring (bicyclic) bond motifs is 1. The summed E-state index contributed by atoms with van der Waals surface area (Å²) in [7, 11) is 0. The molecule has 3 aromatic carbocycles. The number of halogens is 2. The molecule has 4 aromatic rings. The molecule has 35 heavy (non-hydrogen) atoms. The number of hydrogen-bond donors (Lipinski definition) is 2. The molecule has 7 nitrogen and oxygen atoms in total. The maximum Gasteiger partial charge on any atom is 0.263 e. The highest BCUT2D eigenvalue weighted by Gasteiger charge is 2.31. The lowest BCUT2D eigenvalue weighted by molar-refractivity contribution is 0.151. The van der Waals surface area contributed by atoms with Crippen molar-refractivity contribution >= 4 is 16.7 Å². The Balaban J connectivity index is 1.26. The zero-order valence-electron chi connectivity index (χ0n) is 19.0. The fourth-order valence-corrected chi connectivity index (χ4v) is 4.42. The Bertz CT molecular complexity index is 1360. The maximum atomic E-state index is 12.9. The van der Waals surface area contributed by atoms with E-state index in [0.717, 1.165) is 34.7 Å². The minimum atomic E-state index is -2.47. The molecule has 1 aromatic heterocycles. The predicted octanol–water partition coefficient (Wildman–Crippen LogP) is 5.48. The lowest BCUT2D eigenvalue weighted by Gasteiger charge is -2.21. The first-order valence-corrected chi connectivity index (χ1v) is 11.5. The van der Waals surface area contributed by atoms with Gasteiger partial charge in [0.2, 0.25) is 11.7 Å². The molecule has 1 aliphatic heterocycles. The monoisotopic (exact) mass is 477 g/mol. The van der Waals surface area contributed by atoms with Gasteiger partial charge >= 0.3 is 0 Å². The number of rotatable bonds is 7. The summed E-state index contributed by atoms with van der Waals surface area (Å²) in [4.78, 5) is 6.34. The van der Waals surface area contributed by atoms with E-state index in [1.165, 1.54) is 12.1 Å². The zero-order chi connectivity index (χ0) is 24.4. The molecule has 1 fully saturated rings. The second kappa shape index (κ2) is 9.69. The molecule has 1 aliphatic rings. The highest BCUT2D eigenvalue weighted by atomic mass is 19.3. The molecule has 0 saturated carbocycles. The third-order valence-corrected chi connectivity index (χ3v) is 6.22. The van der Waals surface area contributed by atoms with Gasteiger partial charge in [-0.3, -0.25) is 5.41 Å². The van der Waals surface area contributed by atoms with Gasteiger partial charge in [-0.2, -0.15) is 4.98 Å². The van der Waals surface area contributed by atoms with Crippen LogP contribution in [0.5, 0.6) is 5.75 Å². The quantitative estimate of drug-likeness (QED) is 0.270. The summed E-state index contributed by atoms with van der Waals surface area (Å²) in [5.41, 5.74) is 7.34. The Kier molecular flexibility index (Phi) is 6.31. The average Bonchev–Trinajstić information content (AvgIpc) is 3.54. The molecule has 9 heteroatoms. The van der Waals surface area contributed by atoms with E-state index in [9.17, 15) is 8.78 Å². The second-order valence-corrected chi connectivity index (χ2v) is 8.56. The molecule has 0 spiro atoms. The van der Waals surface area contributed by atoms with E-state index < -0.39 is 6.43 Å². The Labute approximate surface area is 201 Å². The van der Waals surface area contributed by atoms with Crippen molar-refractivity contribution in [3.8, 4) is 17.1 Å². The summed E-state index contributed by atoms with van der Waals surface area (Å²) < 4.78 is 37.1. The van der Waals surface area contributed by atoms with E-state index in [-0.39, 0.29) is 17.6 Å². The van der Waals surface area contributed by atoms with Crippen molar-refractivity contribution in [3.05, 3.63) is 77.7 Å². The molecule has 0 bridgehead atoms. The number of hydrogen-bond acceptors (Lipinski definition) is 5. The van der Waals surface area contributed by atoms with E-state index in [1.54, 1.807) is 11.0 Å². The zero-order valence-corrected chi connectivity index (χ0v) is 19.0. The predicted molar refractivity (Wildman–Crippen MR) is 128 cm³/mol. The van der Waals surface area contributed by atoms with Crippen LogP contribution in [0.3, 0.4) is 0 Å². The molecule has 0 aliphatic carbocycles. The van der Waals surface area contributed by atoms with E-state index in [1.807, 2.05) is 42.5 Å². The smallest absolute Gasteiger partial charge is 0.263 e. The largest absolute Gasteiger partial charge is 0.493 e. The number of nitrogens with two attached hydrogens (primary N) is 1. The minimum absolute atomic E-state index is 0.0117. The molecule has 5 rings (SSSR count). The van der Waals surface area contributed by atoms with Gasteiger partial charge in [-0.15, -0.1) is 0 Å². The first-order chi connectivity index (χ1) is 17.0. The van der Waals surface area contributed by atoms with Crippen LogP contribution in [-0.4, -0.2) is 34.2 Å². The van der Waals surface area contributed by atoms with Crippen LogP contribution in [0.1, 0.15) is 42.3 Å². The Morgan fingerprint density at radius 3 is 2.80 bits per heavy atom. The van der Waals surface area contributed by atoms with Crippen LogP contribution < -0.4 is 10.5 Å². The molecular weight excluding hydrogens is 452 g/mol. The third-order valence-electron chi connectivity index (χ3n) is 6.22. The number of alkyl halides is 2. The lowest BCUT2D eigenvalue weighted by Crippen LogP contribution is -2.35. The topological polar surface area (TPSA) is 101 Å². The molecule has 180 valence electrons. The van der Waals surface area contributed by atoms with Crippen LogP contribution in [0.25, 0.3) is 22.2 Å². The molecule has 0 radical (unpaired) electrons. The van der Waals surface area contributed by atoms with Crippen LogP contribution in [0.4, 0.5) is 8.78 Å². The van der Waals surface area contributed by atoms with Crippen molar-refractivity contribution in [1.29, 1.82) is 5.41 Å². The Morgan fingerprint density at radius 1 is 1.14 bits per heavy atom. The maximum absolute atomic E-state index is 12.9. The molecule has 0 amide bonds. The fourth-order valence-electron chi connectivity index (χ4n) is 4.42. The fraction of sp³-hybridized carbons (Fsp3) is 0.269. The summed E-state index contributed by atoms with van der Waals surface area (Å²) >= 11 is 0. The SMILES string of the molecule is N=C(N)N1CCC[C@H]1c1nc(-c2ccc3cc(OCCc4cccc(C(F)F)c4)ccc3c2)no1. The van der Waals surface area contributed by atoms with E-state index in [2.05, 4.69) is 10.1 Å². The minimum Gasteiger partial charge on any atom is -0.493 e. The van der Waals surface area contributed by atoms with Crippen molar-refractivity contribution < 1.29 is 18.0 Å². The Morgan fingerprint density at radius 2 is 1.97 bits per heavy atom. The molecular formula is C26H25F2N5O2. The van der Waals surface area contributed by atoms with Gasteiger partial charge in [0.15, 0.2) is 5.96 Å². The van der Waals surface area contributed by atoms with Gasteiger partial charge in [-0.1, -0.05) is 47.6 Å². The molecule has 3 N–H and O–H groups in total. The first-order valence-electron chi connectivity index (χ1n) is 11.5. The average molecular weight is 478 g/mol. The van der Waals surface area contributed by atoms with Crippen molar-refractivity contribution in [3.63, 3.8) is 0 Å². The normalized spacial score (nSPS) is 15.7. The highest BCUT2D eigenvalue weighted by molar-refractivity contribution is 5.87. The summed E-state index contributed by atoms with van der Waals surface area (Å²) in [5.74, 6) is 1.68. The summed E-state index contributed by atoms with van der Waals surface area (Å²) in [6.45, 7) is 1.10. The van der Waals surface area contributed by atoms with E-state index in [4.69, 9.17) is 20.4 Å². The number of benzene rings is 3. The van der Waals surface area contributed by atoms with Crippen molar-refractivity contribution in [2.45, 2.75) is 31.7 Å². The number of guanidine groups is 1.